The summed E-state index contributed by atoms with van der Waals surface area (Å²) in [6, 6.07) is 11.7. The highest BCUT2D eigenvalue weighted by atomic mass is 32.2. The SMILES string of the molecule is Cc1ccnc(NCC(C)Sc2ccccc2)c1[N+](=O)[O-]. The van der Waals surface area contributed by atoms with Gasteiger partial charge in [0.25, 0.3) is 0 Å². The van der Waals surface area contributed by atoms with Crippen LogP contribution in [0.3, 0.4) is 0 Å². The summed E-state index contributed by atoms with van der Waals surface area (Å²) in [5.41, 5.74) is 0.662. The van der Waals surface area contributed by atoms with Crippen molar-refractivity contribution in [2.24, 2.45) is 0 Å². The molecule has 1 N–H and O–H groups in total. The molecule has 0 saturated carbocycles. The highest BCUT2D eigenvalue weighted by Crippen LogP contribution is 2.27. The number of nitro groups is 1. The summed E-state index contributed by atoms with van der Waals surface area (Å²) in [5, 5.41) is 14.5. The molecular formula is C15H17N3O2S. The lowest BCUT2D eigenvalue weighted by molar-refractivity contribution is -0.384. The van der Waals surface area contributed by atoms with Crippen LogP contribution in [0.4, 0.5) is 11.5 Å². The average molecular weight is 303 g/mol. The molecule has 0 spiro atoms. The Morgan fingerprint density at radius 1 is 1.33 bits per heavy atom. The molecule has 110 valence electrons. The van der Waals surface area contributed by atoms with E-state index in [1.54, 1.807) is 30.9 Å². The van der Waals surface area contributed by atoms with E-state index >= 15 is 0 Å². The number of nitrogens with zero attached hydrogens (tertiary/aromatic N) is 2. The minimum Gasteiger partial charge on any atom is -0.363 e. The van der Waals surface area contributed by atoms with Gasteiger partial charge in [0.15, 0.2) is 0 Å². The van der Waals surface area contributed by atoms with E-state index in [-0.39, 0.29) is 15.9 Å². The van der Waals surface area contributed by atoms with E-state index in [0.717, 1.165) is 0 Å². The predicted molar refractivity (Wildman–Crippen MR) is 85.9 cm³/mol. The number of benzene rings is 1. The summed E-state index contributed by atoms with van der Waals surface area (Å²) in [5.74, 6) is 0.334. The third kappa shape index (κ3) is 4.19. The lowest BCUT2D eigenvalue weighted by Gasteiger charge is -2.13. The lowest BCUT2D eigenvalue weighted by Crippen LogP contribution is -2.15. The fourth-order valence-corrected chi connectivity index (χ4v) is 2.87. The minimum absolute atomic E-state index is 0.0504. The molecule has 0 radical (unpaired) electrons. The number of anilines is 1. The Hall–Kier alpha value is -2.08. The molecule has 1 unspecified atom stereocenters. The van der Waals surface area contributed by atoms with Gasteiger partial charge in [0.2, 0.25) is 5.82 Å². The van der Waals surface area contributed by atoms with Gasteiger partial charge in [0.05, 0.1) is 4.92 Å². The molecule has 1 aromatic carbocycles. The molecule has 0 fully saturated rings. The molecule has 1 heterocycles. The Balaban J connectivity index is 2.00. The van der Waals surface area contributed by atoms with Gasteiger partial charge < -0.3 is 5.32 Å². The normalized spacial score (nSPS) is 11.9. The van der Waals surface area contributed by atoms with E-state index in [1.807, 2.05) is 18.2 Å². The van der Waals surface area contributed by atoms with Crippen LogP contribution in [-0.4, -0.2) is 21.7 Å². The van der Waals surface area contributed by atoms with Gasteiger partial charge in [0, 0.05) is 28.5 Å². The van der Waals surface area contributed by atoms with Crippen molar-refractivity contribution in [3.63, 3.8) is 0 Å². The molecule has 21 heavy (non-hydrogen) atoms. The summed E-state index contributed by atoms with van der Waals surface area (Å²) in [6.07, 6.45) is 1.58. The topological polar surface area (TPSA) is 68.1 Å². The molecule has 1 aromatic heterocycles. The molecule has 0 amide bonds. The van der Waals surface area contributed by atoms with Gasteiger partial charge in [-0.3, -0.25) is 10.1 Å². The number of hydrogen-bond acceptors (Lipinski definition) is 5. The van der Waals surface area contributed by atoms with Crippen LogP contribution in [0.15, 0.2) is 47.5 Å². The molecular weight excluding hydrogens is 286 g/mol. The fourth-order valence-electron chi connectivity index (χ4n) is 1.92. The van der Waals surface area contributed by atoms with Crippen LogP contribution < -0.4 is 5.32 Å². The van der Waals surface area contributed by atoms with Crippen molar-refractivity contribution < 1.29 is 4.92 Å². The summed E-state index contributed by atoms with van der Waals surface area (Å²) in [7, 11) is 0. The fraction of sp³-hybridized carbons (Fsp3) is 0.267. The smallest absolute Gasteiger partial charge is 0.314 e. The third-order valence-corrected chi connectivity index (χ3v) is 4.06. The van der Waals surface area contributed by atoms with E-state index in [9.17, 15) is 10.1 Å². The molecule has 0 bridgehead atoms. The second-order valence-electron chi connectivity index (χ2n) is 4.70. The second kappa shape index (κ2) is 7.08. The zero-order valence-electron chi connectivity index (χ0n) is 11.9. The number of aromatic nitrogens is 1. The monoisotopic (exact) mass is 303 g/mol. The molecule has 6 heteroatoms. The van der Waals surface area contributed by atoms with Crippen LogP contribution >= 0.6 is 11.8 Å². The van der Waals surface area contributed by atoms with Gasteiger partial charge in [-0.2, -0.15) is 0 Å². The van der Waals surface area contributed by atoms with E-state index < -0.39 is 0 Å². The van der Waals surface area contributed by atoms with Crippen molar-refractivity contribution in [3.05, 3.63) is 58.3 Å². The molecule has 0 saturated heterocycles. The van der Waals surface area contributed by atoms with Gasteiger partial charge >= 0.3 is 5.69 Å². The molecule has 5 nitrogen and oxygen atoms in total. The number of aryl methyl sites for hydroxylation is 1. The molecule has 2 aromatic rings. The maximum atomic E-state index is 11.1. The van der Waals surface area contributed by atoms with Gasteiger partial charge in [-0.25, -0.2) is 4.98 Å². The predicted octanol–water partition coefficient (Wildman–Crippen LogP) is 3.89. The Bertz CT molecular complexity index is 620. The first-order chi connectivity index (χ1) is 10.1. The lowest BCUT2D eigenvalue weighted by atomic mass is 10.2. The number of nitrogens with one attached hydrogen (secondary N) is 1. The highest BCUT2D eigenvalue weighted by molar-refractivity contribution is 8.00. The zero-order valence-corrected chi connectivity index (χ0v) is 12.8. The van der Waals surface area contributed by atoms with Gasteiger partial charge in [0.1, 0.15) is 0 Å². The molecule has 0 aliphatic heterocycles. The first kappa shape index (κ1) is 15.3. The summed E-state index contributed by atoms with van der Waals surface area (Å²) in [6.45, 7) is 4.40. The Morgan fingerprint density at radius 2 is 2.05 bits per heavy atom. The highest BCUT2D eigenvalue weighted by Gasteiger charge is 2.18. The largest absolute Gasteiger partial charge is 0.363 e. The van der Waals surface area contributed by atoms with Crippen LogP contribution in [0.25, 0.3) is 0 Å². The number of rotatable bonds is 6. The average Bonchev–Trinajstić information content (AvgIpc) is 2.45. The van der Waals surface area contributed by atoms with Crippen LogP contribution in [0.1, 0.15) is 12.5 Å². The minimum atomic E-state index is -0.389. The number of hydrogen-bond donors (Lipinski definition) is 1. The van der Waals surface area contributed by atoms with Crippen molar-refractivity contribution in [1.82, 2.24) is 4.98 Å². The zero-order chi connectivity index (χ0) is 15.2. The van der Waals surface area contributed by atoms with Crippen molar-refractivity contribution in [3.8, 4) is 0 Å². The second-order valence-corrected chi connectivity index (χ2v) is 6.22. The quantitative estimate of drug-likeness (QED) is 0.498. The summed E-state index contributed by atoms with van der Waals surface area (Å²) >= 11 is 1.72. The van der Waals surface area contributed by atoms with Gasteiger partial charge in [-0.1, -0.05) is 25.1 Å². The summed E-state index contributed by atoms with van der Waals surface area (Å²) in [4.78, 5) is 16.0. The first-order valence-corrected chi connectivity index (χ1v) is 7.51. The van der Waals surface area contributed by atoms with Crippen molar-refractivity contribution in [2.45, 2.75) is 24.0 Å². The standard InChI is InChI=1S/C15H17N3O2S/c1-11-8-9-16-15(14(11)18(19)20)17-10-12(2)21-13-6-4-3-5-7-13/h3-9,12H,10H2,1-2H3,(H,16,17). The maximum absolute atomic E-state index is 11.1. The molecule has 0 aliphatic rings. The Kier molecular flexibility index (Phi) is 5.16. The van der Waals surface area contributed by atoms with Gasteiger partial charge in [-0.15, -0.1) is 11.8 Å². The third-order valence-electron chi connectivity index (χ3n) is 2.95. The van der Waals surface area contributed by atoms with Crippen LogP contribution in [0.2, 0.25) is 0 Å². The number of pyridine rings is 1. The molecule has 2 rings (SSSR count). The van der Waals surface area contributed by atoms with Crippen LogP contribution in [0, 0.1) is 17.0 Å². The molecule has 1 atom stereocenters. The Labute approximate surface area is 127 Å². The van der Waals surface area contributed by atoms with E-state index in [0.29, 0.717) is 17.9 Å². The Morgan fingerprint density at radius 3 is 2.71 bits per heavy atom. The molecule has 0 aliphatic carbocycles. The van der Waals surface area contributed by atoms with E-state index in [4.69, 9.17) is 0 Å². The first-order valence-electron chi connectivity index (χ1n) is 6.63. The van der Waals surface area contributed by atoms with Crippen LogP contribution in [-0.2, 0) is 0 Å². The van der Waals surface area contributed by atoms with Crippen molar-refractivity contribution >= 4 is 23.3 Å². The van der Waals surface area contributed by atoms with E-state index in [2.05, 4.69) is 29.4 Å². The van der Waals surface area contributed by atoms with E-state index in [1.165, 1.54) is 4.90 Å². The summed E-state index contributed by atoms with van der Waals surface area (Å²) < 4.78 is 0. The number of thioether (sulfide) groups is 1. The van der Waals surface area contributed by atoms with Crippen molar-refractivity contribution in [1.29, 1.82) is 0 Å². The van der Waals surface area contributed by atoms with Crippen molar-refractivity contribution in [2.75, 3.05) is 11.9 Å². The van der Waals surface area contributed by atoms with Crippen LogP contribution in [0.5, 0.6) is 0 Å². The maximum Gasteiger partial charge on any atom is 0.314 e. The van der Waals surface area contributed by atoms with Gasteiger partial charge in [-0.05, 0) is 25.1 Å².